The second-order valence-corrected chi connectivity index (χ2v) is 4.67. The Morgan fingerprint density at radius 3 is 2.79 bits per heavy atom. The van der Waals surface area contributed by atoms with Crippen LogP contribution in [0, 0.1) is 12.7 Å². The van der Waals surface area contributed by atoms with Crippen LogP contribution in [0.5, 0.6) is 5.75 Å². The Bertz CT molecular complexity index is 446. The molecule has 0 bridgehead atoms. The molecule has 0 aliphatic rings. The van der Waals surface area contributed by atoms with Crippen molar-refractivity contribution < 1.29 is 18.7 Å². The lowest BCUT2D eigenvalue weighted by Gasteiger charge is -2.22. The van der Waals surface area contributed by atoms with Crippen molar-refractivity contribution in [3.63, 3.8) is 0 Å². The quantitative estimate of drug-likeness (QED) is 0.804. The Balaban J connectivity index is 2.54. The normalized spacial score (nSPS) is 13.7. The summed E-state index contributed by atoms with van der Waals surface area (Å²) in [6.45, 7) is 5.55. The molecule has 0 aliphatic heterocycles. The Labute approximate surface area is 112 Å². The number of benzene rings is 1. The zero-order chi connectivity index (χ0) is 14.5. The smallest absolute Gasteiger partial charge is 0.325 e. The summed E-state index contributed by atoms with van der Waals surface area (Å²) in [7, 11) is 0. The average Bonchev–Trinajstić information content (AvgIpc) is 2.33. The molecule has 0 spiro atoms. The maximum atomic E-state index is 13.4. The van der Waals surface area contributed by atoms with Crippen molar-refractivity contribution in [3.8, 4) is 5.75 Å². The maximum Gasteiger partial charge on any atom is 0.325 e. The minimum atomic E-state index is -1.13. The predicted octanol–water partition coefficient (Wildman–Crippen LogP) is 2.18. The molecule has 2 N–H and O–H groups in total. The number of aryl methyl sites for hydroxylation is 1. The van der Waals surface area contributed by atoms with Crippen LogP contribution in [0.15, 0.2) is 18.2 Å². The molecule has 0 radical (unpaired) electrons. The fraction of sp³-hybridized carbons (Fsp3) is 0.500. The van der Waals surface area contributed by atoms with Gasteiger partial charge in [0, 0.05) is 6.42 Å². The first-order valence-electron chi connectivity index (χ1n) is 6.22. The fourth-order valence-corrected chi connectivity index (χ4v) is 1.49. The van der Waals surface area contributed by atoms with Gasteiger partial charge in [-0.2, -0.15) is 0 Å². The third-order valence-corrected chi connectivity index (χ3v) is 2.71. The maximum absolute atomic E-state index is 13.4. The van der Waals surface area contributed by atoms with Crippen LogP contribution in [0.25, 0.3) is 0 Å². The summed E-state index contributed by atoms with van der Waals surface area (Å²) in [6.07, 6.45) is 0.249. The van der Waals surface area contributed by atoms with Crippen LogP contribution in [-0.2, 0) is 9.53 Å². The molecule has 0 fully saturated rings. The van der Waals surface area contributed by atoms with Crippen LogP contribution in [0.4, 0.5) is 4.39 Å². The minimum Gasteiger partial charge on any atom is -0.490 e. The monoisotopic (exact) mass is 269 g/mol. The first kappa shape index (κ1) is 15.4. The highest BCUT2D eigenvalue weighted by Crippen LogP contribution is 2.19. The molecular formula is C14H20FNO3. The lowest BCUT2D eigenvalue weighted by Crippen LogP contribution is -2.47. The summed E-state index contributed by atoms with van der Waals surface area (Å²) >= 11 is 0. The van der Waals surface area contributed by atoms with Crippen molar-refractivity contribution >= 4 is 5.97 Å². The van der Waals surface area contributed by atoms with Gasteiger partial charge in [-0.1, -0.05) is 6.07 Å². The summed E-state index contributed by atoms with van der Waals surface area (Å²) < 4.78 is 23.6. The number of hydrogen-bond acceptors (Lipinski definition) is 4. The zero-order valence-corrected chi connectivity index (χ0v) is 11.5. The van der Waals surface area contributed by atoms with Gasteiger partial charge in [0.15, 0.2) is 11.6 Å². The number of hydrogen-bond donors (Lipinski definition) is 1. The minimum absolute atomic E-state index is 0.145. The summed E-state index contributed by atoms with van der Waals surface area (Å²) in [4.78, 5) is 11.6. The van der Waals surface area contributed by atoms with E-state index in [1.807, 2.05) is 6.92 Å². The van der Waals surface area contributed by atoms with Crippen LogP contribution in [0.3, 0.4) is 0 Å². The second-order valence-electron chi connectivity index (χ2n) is 4.67. The van der Waals surface area contributed by atoms with Crippen LogP contribution in [0.2, 0.25) is 0 Å². The molecule has 0 saturated carbocycles. The number of halogens is 1. The molecule has 1 aromatic carbocycles. The molecule has 106 valence electrons. The third kappa shape index (κ3) is 4.52. The lowest BCUT2D eigenvalue weighted by molar-refractivity contribution is -0.149. The Kier molecular flexibility index (Phi) is 5.30. The standard InChI is InChI=1S/C14H20FNO3/c1-4-18-13(17)14(3,16)7-8-19-12-9-10(2)5-6-11(12)15/h5-6,9H,4,7-8,16H2,1-3H3. The molecule has 0 saturated heterocycles. The van der Waals surface area contributed by atoms with Crippen molar-refractivity contribution in [2.24, 2.45) is 5.73 Å². The van der Waals surface area contributed by atoms with Gasteiger partial charge >= 0.3 is 5.97 Å². The SMILES string of the molecule is CCOC(=O)C(C)(N)CCOc1cc(C)ccc1F. The highest BCUT2D eigenvalue weighted by molar-refractivity contribution is 5.79. The van der Waals surface area contributed by atoms with E-state index in [4.69, 9.17) is 15.2 Å². The molecule has 1 aromatic rings. The fourth-order valence-electron chi connectivity index (χ4n) is 1.49. The molecule has 5 heteroatoms. The third-order valence-electron chi connectivity index (χ3n) is 2.71. The molecule has 4 nitrogen and oxygen atoms in total. The first-order chi connectivity index (χ1) is 8.86. The average molecular weight is 269 g/mol. The summed E-state index contributed by atoms with van der Waals surface area (Å²) in [5.41, 5.74) is 5.60. The largest absolute Gasteiger partial charge is 0.490 e. The van der Waals surface area contributed by atoms with Gasteiger partial charge in [0.2, 0.25) is 0 Å². The van der Waals surface area contributed by atoms with E-state index in [2.05, 4.69) is 0 Å². The summed E-state index contributed by atoms with van der Waals surface area (Å²) in [5.74, 6) is -0.747. The van der Waals surface area contributed by atoms with Gasteiger partial charge in [0.25, 0.3) is 0 Å². The number of ether oxygens (including phenoxy) is 2. The first-order valence-corrected chi connectivity index (χ1v) is 6.22. The molecule has 19 heavy (non-hydrogen) atoms. The van der Waals surface area contributed by atoms with Crippen molar-refractivity contribution in [2.75, 3.05) is 13.2 Å². The van der Waals surface area contributed by atoms with E-state index in [1.54, 1.807) is 26.0 Å². The Morgan fingerprint density at radius 1 is 1.47 bits per heavy atom. The number of carbonyl (C=O) groups is 1. The molecule has 0 aromatic heterocycles. The van der Waals surface area contributed by atoms with Gasteiger partial charge in [0.05, 0.1) is 13.2 Å². The van der Waals surface area contributed by atoms with E-state index < -0.39 is 17.3 Å². The number of esters is 1. The van der Waals surface area contributed by atoms with E-state index in [0.29, 0.717) is 0 Å². The van der Waals surface area contributed by atoms with Crippen molar-refractivity contribution in [2.45, 2.75) is 32.7 Å². The van der Waals surface area contributed by atoms with E-state index in [-0.39, 0.29) is 25.4 Å². The number of rotatable bonds is 6. The van der Waals surface area contributed by atoms with E-state index >= 15 is 0 Å². The van der Waals surface area contributed by atoms with Gasteiger partial charge in [0.1, 0.15) is 5.54 Å². The molecule has 1 rings (SSSR count). The van der Waals surface area contributed by atoms with Gasteiger partial charge in [-0.15, -0.1) is 0 Å². The molecule has 1 atom stereocenters. The Morgan fingerprint density at radius 2 is 2.16 bits per heavy atom. The van der Waals surface area contributed by atoms with Crippen LogP contribution in [-0.4, -0.2) is 24.7 Å². The van der Waals surface area contributed by atoms with E-state index in [1.165, 1.54) is 6.07 Å². The highest BCUT2D eigenvalue weighted by atomic mass is 19.1. The van der Waals surface area contributed by atoms with Crippen LogP contribution >= 0.6 is 0 Å². The molecule has 1 unspecified atom stereocenters. The van der Waals surface area contributed by atoms with Gasteiger partial charge in [-0.3, -0.25) is 4.79 Å². The summed E-state index contributed by atoms with van der Waals surface area (Å²) in [6, 6.07) is 4.61. The van der Waals surface area contributed by atoms with Gasteiger partial charge < -0.3 is 15.2 Å². The highest BCUT2D eigenvalue weighted by Gasteiger charge is 2.29. The van der Waals surface area contributed by atoms with Crippen molar-refractivity contribution in [1.29, 1.82) is 0 Å². The van der Waals surface area contributed by atoms with E-state index in [0.717, 1.165) is 5.56 Å². The van der Waals surface area contributed by atoms with E-state index in [9.17, 15) is 9.18 Å². The molecule has 0 heterocycles. The second kappa shape index (κ2) is 6.52. The van der Waals surface area contributed by atoms with Gasteiger partial charge in [-0.25, -0.2) is 4.39 Å². The van der Waals surface area contributed by atoms with Crippen LogP contribution in [0.1, 0.15) is 25.8 Å². The van der Waals surface area contributed by atoms with Crippen molar-refractivity contribution in [3.05, 3.63) is 29.6 Å². The molecule has 0 aliphatic carbocycles. The predicted molar refractivity (Wildman–Crippen MR) is 70.5 cm³/mol. The van der Waals surface area contributed by atoms with Crippen LogP contribution < -0.4 is 10.5 Å². The Hall–Kier alpha value is -1.62. The number of carbonyl (C=O) groups excluding carboxylic acids is 1. The molecule has 0 amide bonds. The topological polar surface area (TPSA) is 61.5 Å². The lowest BCUT2D eigenvalue weighted by atomic mass is 10.0. The summed E-state index contributed by atoms with van der Waals surface area (Å²) in [5, 5.41) is 0. The van der Waals surface area contributed by atoms with Gasteiger partial charge in [-0.05, 0) is 38.5 Å². The van der Waals surface area contributed by atoms with Crippen molar-refractivity contribution in [1.82, 2.24) is 0 Å². The molecular weight excluding hydrogens is 249 g/mol. The number of nitrogens with two attached hydrogens (primary N) is 1. The zero-order valence-electron chi connectivity index (χ0n) is 11.5.